The molecule has 1 saturated carbocycles. The summed E-state index contributed by atoms with van der Waals surface area (Å²) in [6.07, 6.45) is 8.17. The fraction of sp³-hybridized carbons (Fsp3) is 0.933. The lowest BCUT2D eigenvalue weighted by Crippen LogP contribution is -2.47. The van der Waals surface area contributed by atoms with E-state index in [1.54, 1.807) is 6.92 Å². The highest BCUT2D eigenvalue weighted by Gasteiger charge is 2.22. The highest BCUT2D eigenvalue weighted by molar-refractivity contribution is 5.75. The van der Waals surface area contributed by atoms with Crippen LogP contribution in [0.5, 0.6) is 0 Å². The van der Waals surface area contributed by atoms with Crippen LogP contribution in [0.2, 0.25) is 0 Å². The Balaban J connectivity index is 2.16. The fourth-order valence-electron chi connectivity index (χ4n) is 2.93. The van der Waals surface area contributed by atoms with Gasteiger partial charge >= 0.3 is 0 Å². The highest BCUT2D eigenvalue weighted by Crippen LogP contribution is 2.27. The fourth-order valence-corrected chi connectivity index (χ4v) is 2.93. The summed E-state index contributed by atoms with van der Waals surface area (Å²) >= 11 is 0. The molecule has 0 saturated heterocycles. The van der Waals surface area contributed by atoms with Crippen molar-refractivity contribution in [3.05, 3.63) is 0 Å². The highest BCUT2D eigenvalue weighted by atomic mass is 16.3. The lowest BCUT2D eigenvalue weighted by Gasteiger charge is -2.27. The molecule has 19 heavy (non-hydrogen) atoms. The van der Waals surface area contributed by atoms with Crippen LogP contribution in [0.4, 0.5) is 0 Å². The maximum atomic E-state index is 11.8. The standard InChI is InChI=1S/C15H30N2O2/c1-15(19,12-17(2)3)11-16-14(18)10-9-13-7-5-4-6-8-13/h13,19H,4-12H2,1-3H3,(H,16,18). The van der Waals surface area contributed by atoms with Crippen molar-refractivity contribution in [3.63, 3.8) is 0 Å². The predicted molar refractivity (Wildman–Crippen MR) is 78.0 cm³/mol. The SMILES string of the molecule is CN(C)CC(C)(O)CNC(=O)CCC1CCCCC1. The first-order valence-electron chi connectivity index (χ1n) is 7.53. The van der Waals surface area contributed by atoms with Crippen LogP contribution in [0, 0.1) is 5.92 Å². The second-order valence-electron chi connectivity index (χ2n) is 6.55. The zero-order valence-corrected chi connectivity index (χ0v) is 12.7. The van der Waals surface area contributed by atoms with Gasteiger partial charge in [-0.2, -0.15) is 0 Å². The van der Waals surface area contributed by atoms with Gasteiger partial charge in [-0.05, 0) is 33.4 Å². The van der Waals surface area contributed by atoms with Gasteiger partial charge < -0.3 is 15.3 Å². The van der Waals surface area contributed by atoms with E-state index in [0.717, 1.165) is 12.3 Å². The minimum atomic E-state index is -0.857. The molecule has 1 fully saturated rings. The third kappa shape index (κ3) is 7.53. The maximum Gasteiger partial charge on any atom is 0.220 e. The Bertz CT molecular complexity index is 271. The van der Waals surface area contributed by atoms with Crippen LogP contribution < -0.4 is 5.32 Å². The number of nitrogens with zero attached hydrogens (tertiary/aromatic N) is 1. The number of hydrogen-bond acceptors (Lipinski definition) is 3. The molecule has 1 rings (SSSR count). The van der Waals surface area contributed by atoms with Crippen LogP contribution in [0.1, 0.15) is 51.9 Å². The maximum absolute atomic E-state index is 11.8. The second-order valence-corrected chi connectivity index (χ2v) is 6.55. The first-order chi connectivity index (χ1) is 8.89. The minimum Gasteiger partial charge on any atom is -0.387 e. The van der Waals surface area contributed by atoms with E-state index in [9.17, 15) is 9.90 Å². The minimum absolute atomic E-state index is 0.0737. The van der Waals surface area contributed by atoms with Gasteiger partial charge in [-0.3, -0.25) is 4.79 Å². The van der Waals surface area contributed by atoms with Gasteiger partial charge in [0.2, 0.25) is 5.91 Å². The van der Waals surface area contributed by atoms with Crippen LogP contribution in [0.3, 0.4) is 0 Å². The van der Waals surface area contributed by atoms with Gasteiger partial charge in [-0.15, -0.1) is 0 Å². The number of likely N-dealkylation sites (N-methyl/N-ethyl adjacent to an activating group) is 1. The molecule has 0 aliphatic heterocycles. The molecule has 2 N–H and O–H groups in total. The Morgan fingerprint density at radius 3 is 2.53 bits per heavy atom. The number of amides is 1. The smallest absolute Gasteiger partial charge is 0.220 e. The second kappa shape index (κ2) is 7.85. The molecule has 4 heteroatoms. The molecule has 112 valence electrons. The van der Waals surface area contributed by atoms with Crippen LogP contribution in [0.15, 0.2) is 0 Å². The molecule has 0 radical (unpaired) electrons. The third-order valence-corrected chi connectivity index (χ3v) is 3.83. The summed E-state index contributed by atoms with van der Waals surface area (Å²) in [4.78, 5) is 13.7. The number of hydrogen-bond donors (Lipinski definition) is 2. The molecule has 1 amide bonds. The molecule has 4 nitrogen and oxygen atoms in total. The summed E-state index contributed by atoms with van der Waals surface area (Å²) in [6.45, 7) is 2.64. The number of carbonyl (C=O) groups is 1. The summed E-state index contributed by atoms with van der Waals surface area (Å²) < 4.78 is 0. The normalized spacial score (nSPS) is 20.3. The van der Waals surface area contributed by atoms with Gasteiger partial charge in [0.1, 0.15) is 0 Å². The Morgan fingerprint density at radius 1 is 1.32 bits per heavy atom. The van der Waals surface area contributed by atoms with Crippen molar-refractivity contribution in [2.75, 3.05) is 27.2 Å². The lowest BCUT2D eigenvalue weighted by molar-refractivity contribution is -0.122. The Morgan fingerprint density at radius 2 is 1.95 bits per heavy atom. The van der Waals surface area contributed by atoms with E-state index in [-0.39, 0.29) is 5.91 Å². The average molecular weight is 270 g/mol. The zero-order chi connectivity index (χ0) is 14.3. The molecule has 0 aromatic heterocycles. The first kappa shape index (κ1) is 16.4. The van der Waals surface area contributed by atoms with Gasteiger partial charge in [0, 0.05) is 19.5 Å². The summed E-state index contributed by atoms with van der Waals surface area (Å²) in [5.41, 5.74) is -0.857. The van der Waals surface area contributed by atoms with E-state index >= 15 is 0 Å². The van der Waals surface area contributed by atoms with Crippen LogP contribution in [-0.2, 0) is 4.79 Å². The average Bonchev–Trinajstić information content (AvgIpc) is 2.34. The van der Waals surface area contributed by atoms with Gasteiger partial charge in [0.25, 0.3) is 0 Å². The Hall–Kier alpha value is -0.610. The van der Waals surface area contributed by atoms with Crippen molar-refractivity contribution in [3.8, 4) is 0 Å². The summed E-state index contributed by atoms with van der Waals surface area (Å²) in [7, 11) is 3.83. The van der Waals surface area contributed by atoms with Crippen molar-refractivity contribution in [1.82, 2.24) is 10.2 Å². The third-order valence-electron chi connectivity index (χ3n) is 3.83. The van der Waals surface area contributed by atoms with Gasteiger partial charge in [0.15, 0.2) is 0 Å². The summed E-state index contributed by atoms with van der Waals surface area (Å²) in [5.74, 6) is 0.811. The number of aliphatic hydroxyl groups is 1. The van der Waals surface area contributed by atoms with E-state index < -0.39 is 5.60 Å². The number of nitrogens with one attached hydrogen (secondary N) is 1. The molecule has 1 aliphatic carbocycles. The van der Waals surface area contributed by atoms with Crippen LogP contribution in [0.25, 0.3) is 0 Å². The monoisotopic (exact) mass is 270 g/mol. The van der Waals surface area contributed by atoms with E-state index in [1.807, 2.05) is 19.0 Å². The van der Waals surface area contributed by atoms with E-state index in [1.165, 1.54) is 32.1 Å². The van der Waals surface area contributed by atoms with Crippen molar-refractivity contribution in [2.45, 2.75) is 57.5 Å². The Labute approximate surface area is 117 Å². The molecular formula is C15H30N2O2. The predicted octanol–water partition coefficient (Wildman–Crippen LogP) is 1.78. The van der Waals surface area contributed by atoms with Crippen molar-refractivity contribution in [1.29, 1.82) is 0 Å². The summed E-state index contributed by atoms with van der Waals surface area (Å²) in [5, 5.41) is 12.9. The molecule has 1 aliphatic rings. The molecular weight excluding hydrogens is 240 g/mol. The molecule has 0 spiro atoms. The molecule has 0 aromatic rings. The topological polar surface area (TPSA) is 52.6 Å². The number of rotatable bonds is 7. The van der Waals surface area contributed by atoms with Crippen LogP contribution in [-0.4, -0.2) is 48.7 Å². The van der Waals surface area contributed by atoms with E-state index in [4.69, 9.17) is 0 Å². The molecule has 1 atom stereocenters. The van der Waals surface area contributed by atoms with E-state index in [0.29, 0.717) is 19.5 Å². The quantitative estimate of drug-likeness (QED) is 0.741. The van der Waals surface area contributed by atoms with E-state index in [2.05, 4.69) is 5.32 Å². The zero-order valence-electron chi connectivity index (χ0n) is 12.7. The van der Waals surface area contributed by atoms with Crippen molar-refractivity contribution >= 4 is 5.91 Å². The molecule has 0 heterocycles. The number of carbonyl (C=O) groups excluding carboxylic acids is 1. The summed E-state index contributed by atoms with van der Waals surface area (Å²) in [6, 6.07) is 0. The van der Waals surface area contributed by atoms with Gasteiger partial charge in [-0.1, -0.05) is 32.1 Å². The van der Waals surface area contributed by atoms with Gasteiger partial charge in [0.05, 0.1) is 5.60 Å². The molecule has 1 unspecified atom stereocenters. The Kier molecular flexibility index (Phi) is 6.80. The first-order valence-corrected chi connectivity index (χ1v) is 7.53. The molecule has 0 bridgehead atoms. The lowest BCUT2D eigenvalue weighted by atomic mass is 9.86. The van der Waals surface area contributed by atoms with Crippen molar-refractivity contribution < 1.29 is 9.90 Å². The largest absolute Gasteiger partial charge is 0.387 e. The van der Waals surface area contributed by atoms with Crippen molar-refractivity contribution in [2.24, 2.45) is 5.92 Å². The molecule has 0 aromatic carbocycles. The van der Waals surface area contributed by atoms with Gasteiger partial charge in [-0.25, -0.2) is 0 Å². The van der Waals surface area contributed by atoms with Crippen LogP contribution >= 0.6 is 0 Å².